The minimum Gasteiger partial charge on any atom is -0.340 e. The van der Waals surface area contributed by atoms with Crippen LogP contribution in [0.3, 0.4) is 0 Å². The number of rotatable bonds is 4. The van der Waals surface area contributed by atoms with Gasteiger partial charge in [0.1, 0.15) is 11.9 Å². The molecule has 1 atom stereocenters. The Bertz CT molecular complexity index is 768. The molecule has 5 nitrogen and oxygen atoms in total. The summed E-state index contributed by atoms with van der Waals surface area (Å²) in [6, 6.07) is 8.92. The van der Waals surface area contributed by atoms with Crippen LogP contribution in [-0.4, -0.2) is 16.0 Å². The molecular weight excluding hydrogens is 305 g/mol. The fourth-order valence-electron chi connectivity index (χ4n) is 1.86. The molecule has 22 heavy (non-hydrogen) atoms. The van der Waals surface area contributed by atoms with Crippen LogP contribution >= 0.6 is 11.3 Å². The first-order valence-electron chi connectivity index (χ1n) is 6.57. The Morgan fingerprint density at radius 2 is 2.09 bits per heavy atom. The highest BCUT2D eigenvalue weighted by molar-refractivity contribution is 7.12. The van der Waals surface area contributed by atoms with Crippen LogP contribution in [-0.2, 0) is 0 Å². The van der Waals surface area contributed by atoms with E-state index in [4.69, 9.17) is 4.52 Å². The van der Waals surface area contributed by atoms with Gasteiger partial charge in [-0.3, -0.25) is 4.79 Å². The van der Waals surface area contributed by atoms with Crippen LogP contribution in [0.1, 0.15) is 28.5 Å². The number of nitrogens with one attached hydrogen (secondary N) is 1. The number of halogens is 1. The van der Waals surface area contributed by atoms with Gasteiger partial charge in [-0.05, 0) is 42.6 Å². The molecule has 1 N–H and O–H groups in total. The summed E-state index contributed by atoms with van der Waals surface area (Å²) in [6.07, 6.45) is 0. The van der Waals surface area contributed by atoms with E-state index in [0.29, 0.717) is 22.2 Å². The normalized spacial score (nSPS) is 12.1. The van der Waals surface area contributed by atoms with Gasteiger partial charge in [-0.25, -0.2) is 4.39 Å². The van der Waals surface area contributed by atoms with Crippen LogP contribution in [0.2, 0.25) is 0 Å². The molecule has 0 spiro atoms. The van der Waals surface area contributed by atoms with Gasteiger partial charge in [0.15, 0.2) is 0 Å². The molecule has 112 valence electrons. The van der Waals surface area contributed by atoms with Gasteiger partial charge in [0, 0.05) is 5.56 Å². The van der Waals surface area contributed by atoms with Gasteiger partial charge in [0.2, 0.25) is 11.7 Å². The number of amides is 1. The van der Waals surface area contributed by atoms with Crippen molar-refractivity contribution in [3.05, 3.63) is 58.4 Å². The lowest BCUT2D eigenvalue weighted by Gasteiger charge is -2.07. The standard InChI is InChI=1S/C15H12FN3O2S/c1-9(17-14(20)12-3-2-8-22-12)15-18-13(19-21-15)10-4-6-11(16)7-5-10/h2-9H,1H3,(H,17,20)/t9-/m1/s1. The third-order valence-electron chi connectivity index (χ3n) is 3.01. The molecular formula is C15H12FN3O2S. The second kappa shape index (κ2) is 6.07. The Labute approximate surface area is 129 Å². The summed E-state index contributed by atoms with van der Waals surface area (Å²) in [5, 5.41) is 8.47. The van der Waals surface area contributed by atoms with E-state index in [1.165, 1.54) is 23.5 Å². The smallest absolute Gasteiger partial charge is 0.261 e. The first-order chi connectivity index (χ1) is 10.6. The monoisotopic (exact) mass is 317 g/mol. The van der Waals surface area contributed by atoms with Gasteiger partial charge in [0.05, 0.1) is 4.88 Å². The minimum absolute atomic E-state index is 0.191. The van der Waals surface area contributed by atoms with E-state index in [0.717, 1.165) is 0 Å². The quantitative estimate of drug-likeness (QED) is 0.800. The Balaban J connectivity index is 1.73. The Morgan fingerprint density at radius 1 is 1.32 bits per heavy atom. The van der Waals surface area contributed by atoms with E-state index in [-0.39, 0.29) is 11.7 Å². The van der Waals surface area contributed by atoms with Crippen LogP contribution in [0.25, 0.3) is 11.4 Å². The molecule has 0 saturated heterocycles. The zero-order valence-electron chi connectivity index (χ0n) is 11.6. The molecule has 2 aromatic heterocycles. The molecule has 0 fully saturated rings. The van der Waals surface area contributed by atoms with Crippen molar-refractivity contribution in [1.29, 1.82) is 0 Å². The summed E-state index contributed by atoms with van der Waals surface area (Å²) < 4.78 is 18.1. The van der Waals surface area contributed by atoms with Crippen molar-refractivity contribution in [1.82, 2.24) is 15.5 Å². The fourth-order valence-corrected chi connectivity index (χ4v) is 2.49. The van der Waals surface area contributed by atoms with Crippen molar-refractivity contribution in [2.24, 2.45) is 0 Å². The number of carbonyl (C=O) groups excluding carboxylic acids is 1. The fraction of sp³-hybridized carbons (Fsp3) is 0.133. The van der Waals surface area contributed by atoms with Crippen molar-refractivity contribution >= 4 is 17.2 Å². The summed E-state index contributed by atoms with van der Waals surface area (Å²) in [6.45, 7) is 1.76. The van der Waals surface area contributed by atoms with E-state index >= 15 is 0 Å². The number of benzene rings is 1. The molecule has 7 heteroatoms. The highest BCUT2D eigenvalue weighted by atomic mass is 32.1. The summed E-state index contributed by atoms with van der Waals surface area (Å²) >= 11 is 1.36. The van der Waals surface area contributed by atoms with E-state index in [2.05, 4.69) is 15.5 Å². The van der Waals surface area contributed by atoms with Gasteiger partial charge in [-0.1, -0.05) is 11.2 Å². The summed E-state index contributed by atoms with van der Waals surface area (Å²) in [7, 11) is 0. The van der Waals surface area contributed by atoms with Crippen molar-refractivity contribution in [2.45, 2.75) is 13.0 Å². The van der Waals surface area contributed by atoms with Gasteiger partial charge in [-0.15, -0.1) is 11.3 Å². The maximum absolute atomic E-state index is 12.9. The van der Waals surface area contributed by atoms with Crippen LogP contribution in [0, 0.1) is 5.82 Å². The van der Waals surface area contributed by atoms with Gasteiger partial charge in [0.25, 0.3) is 5.91 Å². The van der Waals surface area contributed by atoms with Crippen molar-refractivity contribution < 1.29 is 13.7 Å². The lowest BCUT2D eigenvalue weighted by atomic mass is 10.2. The Morgan fingerprint density at radius 3 is 2.77 bits per heavy atom. The highest BCUT2D eigenvalue weighted by Crippen LogP contribution is 2.19. The van der Waals surface area contributed by atoms with Gasteiger partial charge >= 0.3 is 0 Å². The summed E-state index contributed by atoms with van der Waals surface area (Å²) in [4.78, 5) is 16.8. The van der Waals surface area contributed by atoms with Crippen LogP contribution < -0.4 is 5.32 Å². The SMILES string of the molecule is C[C@@H](NC(=O)c1cccs1)c1nc(-c2ccc(F)cc2)no1. The second-order valence-electron chi connectivity index (χ2n) is 4.64. The molecule has 1 amide bonds. The zero-order chi connectivity index (χ0) is 15.5. The molecule has 0 unspecified atom stereocenters. The molecule has 0 radical (unpaired) electrons. The number of hydrogen-bond acceptors (Lipinski definition) is 5. The molecule has 3 aromatic rings. The predicted molar refractivity (Wildman–Crippen MR) is 79.9 cm³/mol. The average Bonchev–Trinajstić information content (AvgIpc) is 3.20. The third-order valence-corrected chi connectivity index (χ3v) is 3.88. The maximum Gasteiger partial charge on any atom is 0.261 e. The summed E-state index contributed by atoms with van der Waals surface area (Å²) in [5.41, 5.74) is 0.646. The first-order valence-corrected chi connectivity index (χ1v) is 7.45. The second-order valence-corrected chi connectivity index (χ2v) is 5.58. The molecule has 0 aliphatic rings. The van der Waals surface area contributed by atoms with E-state index in [1.54, 1.807) is 25.1 Å². The predicted octanol–water partition coefficient (Wildman–Crippen LogP) is 3.43. The van der Waals surface area contributed by atoms with E-state index in [9.17, 15) is 9.18 Å². The van der Waals surface area contributed by atoms with E-state index < -0.39 is 6.04 Å². The Kier molecular flexibility index (Phi) is 3.97. The van der Waals surface area contributed by atoms with Gasteiger partial charge < -0.3 is 9.84 Å². The van der Waals surface area contributed by atoms with Crippen molar-refractivity contribution in [3.8, 4) is 11.4 Å². The molecule has 0 saturated carbocycles. The highest BCUT2D eigenvalue weighted by Gasteiger charge is 2.18. The molecule has 1 aromatic carbocycles. The first kappa shape index (κ1) is 14.4. The molecule has 0 aliphatic carbocycles. The van der Waals surface area contributed by atoms with Crippen molar-refractivity contribution in [3.63, 3.8) is 0 Å². The molecule has 2 heterocycles. The largest absolute Gasteiger partial charge is 0.340 e. The zero-order valence-corrected chi connectivity index (χ0v) is 12.4. The summed E-state index contributed by atoms with van der Waals surface area (Å²) in [5.74, 6) is 0.129. The number of nitrogens with zero attached hydrogens (tertiary/aromatic N) is 2. The number of aromatic nitrogens is 2. The maximum atomic E-state index is 12.9. The Hall–Kier alpha value is -2.54. The number of thiophene rings is 1. The van der Waals surface area contributed by atoms with Crippen LogP contribution in [0.15, 0.2) is 46.3 Å². The lowest BCUT2D eigenvalue weighted by Crippen LogP contribution is -2.26. The minimum atomic E-state index is -0.420. The topological polar surface area (TPSA) is 68.0 Å². The molecule has 0 aliphatic heterocycles. The number of carbonyl (C=O) groups is 1. The average molecular weight is 317 g/mol. The van der Waals surface area contributed by atoms with Gasteiger partial charge in [-0.2, -0.15) is 4.98 Å². The molecule has 3 rings (SSSR count). The third kappa shape index (κ3) is 3.04. The van der Waals surface area contributed by atoms with E-state index in [1.807, 2.05) is 11.4 Å². The molecule has 0 bridgehead atoms. The number of hydrogen-bond donors (Lipinski definition) is 1. The van der Waals surface area contributed by atoms with Crippen LogP contribution in [0.5, 0.6) is 0 Å². The lowest BCUT2D eigenvalue weighted by molar-refractivity contribution is 0.0936. The van der Waals surface area contributed by atoms with Crippen LogP contribution in [0.4, 0.5) is 4.39 Å². The van der Waals surface area contributed by atoms with Crippen molar-refractivity contribution in [2.75, 3.05) is 0 Å².